The molecule has 4 rings (SSSR count). The van der Waals surface area contributed by atoms with Crippen LogP contribution < -0.4 is 5.32 Å². The van der Waals surface area contributed by atoms with Crippen LogP contribution >= 0.6 is 15.9 Å². The van der Waals surface area contributed by atoms with Crippen molar-refractivity contribution in [3.63, 3.8) is 0 Å². The molecule has 0 radical (unpaired) electrons. The van der Waals surface area contributed by atoms with Crippen LogP contribution in [0.25, 0.3) is 0 Å². The molecule has 0 amide bonds. The molecule has 2 aliphatic rings. The highest BCUT2D eigenvalue weighted by Crippen LogP contribution is 2.36. The predicted octanol–water partition coefficient (Wildman–Crippen LogP) is 1.72. The minimum atomic E-state index is -0.866. The Bertz CT molecular complexity index is 1290. The van der Waals surface area contributed by atoms with Crippen LogP contribution in [-0.4, -0.2) is 86.0 Å². The zero-order valence-electron chi connectivity index (χ0n) is 21.0. The molecule has 1 aromatic carbocycles. The molecule has 0 bridgehead atoms. The Morgan fingerprint density at radius 1 is 1.21 bits per heavy atom. The molecule has 3 heterocycles. The van der Waals surface area contributed by atoms with Crippen molar-refractivity contribution in [3.8, 4) is 0 Å². The van der Waals surface area contributed by atoms with Crippen molar-refractivity contribution in [2.75, 3.05) is 44.4 Å². The third-order valence-electron chi connectivity index (χ3n) is 5.88. The van der Waals surface area contributed by atoms with E-state index in [-0.39, 0.29) is 37.0 Å². The Morgan fingerprint density at radius 2 is 1.95 bits per heavy atom. The first-order chi connectivity index (χ1) is 18.3. The second-order valence-corrected chi connectivity index (χ2v) is 11.0. The average molecular weight is 611 g/mol. The van der Waals surface area contributed by atoms with Gasteiger partial charge in [0.2, 0.25) is 5.82 Å². The lowest BCUT2D eigenvalue weighted by Gasteiger charge is -2.32. The molecule has 2 aromatic rings. The number of hydrogen-bond acceptors (Lipinski definition) is 10. The standard InChI is InChI=1S/C24H28BrFN6O5S/c1-3-36-19(33)13-32-14-27-22(30-32)23-28-18(12-31-7-9-38(35)10-8-31)20(24(34)37-4-2)21(29-23)16-6-5-15(26)11-17(16)25/h5-6,11,14,21H,3-4,7-10,12-13H2,1-2H3,(H,28,29). The van der Waals surface area contributed by atoms with Crippen LogP contribution in [0.1, 0.15) is 31.3 Å². The fraction of sp³-hybridized carbons (Fsp3) is 0.458. The van der Waals surface area contributed by atoms with Crippen molar-refractivity contribution in [1.29, 1.82) is 0 Å². The van der Waals surface area contributed by atoms with Crippen LogP contribution in [0.4, 0.5) is 4.39 Å². The molecule has 204 valence electrons. The normalized spacial score (nSPS) is 18.6. The Hall–Kier alpha value is -2.97. The van der Waals surface area contributed by atoms with Gasteiger partial charge in [-0.15, -0.1) is 5.10 Å². The number of aromatic nitrogens is 3. The van der Waals surface area contributed by atoms with Crippen molar-refractivity contribution in [2.24, 2.45) is 4.99 Å². The van der Waals surface area contributed by atoms with Gasteiger partial charge in [0.05, 0.1) is 18.8 Å². The van der Waals surface area contributed by atoms with Gasteiger partial charge in [-0.2, -0.15) is 0 Å². The van der Waals surface area contributed by atoms with E-state index in [0.29, 0.717) is 46.9 Å². The number of rotatable bonds is 9. The molecular formula is C24H28BrFN6O5S. The number of aliphatic imine (C=N–C) groups is 1. The Kier molecular flexibility index (Phi) is 9.39. The number of nitrogens with one attached hydrogen (secondary N) is 1. The van der Waals surface area contributed by atoms with Crippen molar-refractivity contribution in [2.45, 2.75) is 26.4 Å². The minimum Gasteiger partial charge on any atom is -0.465 e. The molecule has 1 aromatic heterocycles. The van der Waals surface area contributed by atoms with Crippen molar-refractivity contribution < 1.29 is 27.7 Å². The zero-order valence-corrected chi connectivity index (χ0v) is 23.4. The second kappa shape index (κ2) is 12.7. The first-order valence-electron chi connectivity index (χ1n) is 12.1. The lowest BCUT2D eigenvalue weighted by Crippen LogP contribution is -2.44. The monoisotopic (exact) mass is 610 g/mol. The molecule has 1 fully saturated rings. The number of esters is 2. The summed E-state index contributed by atoms with van der Waals surface area (Å²) in [5, 5.41) is 7.57. The highest BCUT2D eigenvalue weighted by molar-refractivity contribution is 9.10. The minimum absolute atomic E-state index is 0.122. The van der Waals surface area contributed by atoms with Gasteiger partial charge in [0.1, 0.15) is 24.7 Å². The van der Waals surface area contributed by atoms with E-state index in [4.69, 9.17) is 14.5 Å². The molecular weight excluding hydrogens is 583 g/mol. The molecule has 0 aliphatic carbocycles. The van der Waals surface area contributed by atoms with Gasteiger partial charge in [0, 0.05) is 52.1 Å². The van der Waals surface area contributed by atoms with Crippen LogP contribution in [0.15, 0.2) is 45.3 Å². The highest BCUT2D eigenvalue weighted by Gasteiger charge is 2.35. The Labute approximate surface area is 230 Å². The summed E-state index contributed by atoms with van der Waals surface area (Å²) in [5.74, 6) is 0.103. The first kappa shape index (κ1) is 28.0. The number of nitrogens with zero attached hydrogens (tertiary/aromatic N) is 5. The summed E-state index contributed by atoms with van der Waals surface area (Å²) in [5.41, 5.74) is 1.36. The maximum absolute atomic E-state index is 13.9. The van der Waals surface area contributed by atoms with Gasteiger partial charge in [-0.3, -0.25) is 18.9 Å². The number of ether oxygens (including phenoxy) is 2. The fourth-order valence-electron chi connectivity index (χ4n) is 4.11. The summed E-state index contributed by atoms with van der Waals surface area (Å²) in [6, 6.07) is 3.31. The molecule has 1 saturated heterocycles. The van der Waals surface area contributed by atoms with Gasteiger partial charge >= 0.3 is 11.9 Å². The van der Waals surface area contributed by atoms with Crippen molar-refractivity contribution in [1.82, 2.24) is 25.0 Å². The van der Waals surface area contributed by atoms with Crippen LogP contribution in [0, 0.1) is 5.82 Å². The second-order valence-electron chi connectivity index (χ2n) is 8.48. The van der Waals surface area contributed by atoms with Gasteiger partial charge < -0.3 is 14.8 Å². The third-order valence-corrected chi connectivity index (χ3v) is 7.84. The van der Waals surface area contributed by atoms with Crippen LogP contribution in [0.3, 0.4) is 0 Å². The molecule has 0 saturated carbocycles. The maximum Gasteiger partial charge on any atom is 0.338 e. The molecule has 0 spiro atoms. The number of benzene rings is 1. The molecule has 2 aliphatic heterocycles. The van der Waals surface area contributed by atoms with Gasteiger partial charge in [-0.25, -0.2) is 18.9 Å². The zero-order chi connectivity index (χ0) is 27.2. The van der Waals surface area contributed by atoms with E-state index in [1.807, 2.05) is 0 Å². The van der Waals surface area contributed by atoms with Crippen LogP contribution in [0.2, 0.25) is 0 Å². The van der Waals surface area contributed by atoms with Gasteiger partial charge in [-0.1, -0.05) is 22.0 Å². The van der Waals surface area contributed by atoms with Gasteiger partial charge in [0.15, 0.2) is 5.84 Å². The predicted molar refractivity (Wildman–Crippen MR) is 141 cm³/mol. The summed E-state index contributed by atoms with van der Waals surface area (Å²) in [4.78, 5) is 36.3. The van der Waals surface area contributed by atoms with E-state index in [9.17, 15) is 18.2 Å². The van der Waals surface area contributed by atoms with Crippen molar-refractivity contribution >= 4 is 44.5 Å². The van der Waals surface area contributed by atoms with E-state index >= 15 is 0 Å². The molecule has 14 heteroatoms. The molecule has 1 atom stereocenters. The topological polar surface area (TPSA) is 128 Å². The first-order valence-corrected chi connectivity index (χ1v) is 14.4. The van der Waals surface area contributed by atoms with Crippen LogP contribution in [-0.2, 0) is 36.4 Å². The quantitative estimate of drug-likeness (QED) is 0.422. The average Bonchev–Trinajstić information content (AvgIpc) is 3.33. The molecule has 1 unspecified atom stereocenters. The summed E-state index contributed by atoms with van der Waals surface area (Å²) in [6.07, 6.45) is 1.39. The van der Waals surface area contributed by atoms with E-state index < -0.39 is 34.6 Å². The molecule has 1 N–H and O–H groups in total. The number of carbonyl (C=O) groups is 2. The molecule has 38 heavy (non-hydrogen) atoms. The lowest BCUT2D eigenvalue weighted by molar-refractivity contribution is -0.144. The van der Waals surface area contributed by atoms with E-state index in [1.165, 1.54) is 23.1 Å². The van der Waals surface area contributed by atoms with E-state index in [2.05, 4.69) is 36.2 Å². The van der Waals surface area contributed by atoms with Gasteiger partial charge in [0.25, 0.3) is 0 Å². The number of halogens is 2. The summed E-state index contributed by atoms with van der Waals surface area (Å²) in [7, 11) is -0.866. The van der Waals surface area contributed by atoms with Crippen molar-refractivity contribution in [3.05, 3.63) is 57.5 Å². The summed E-state index contributed by atoms with van der Waals surface area (Å²) in [6.45, 7) is 5.24. The Morgan fingerprint density at radius 3 is 2.63 bits per heavy atom. The van der Waals surface area contributed by atoms with E-state index in [0.717, 1.165) is 0 Å². The summed E-state index contributed by atoms with van der Waals surface area (Å²) < 4.78 is 38.0. The number of amidine groups is 1. The van der Waals surface area contributed by atoms with E-state index in [1.54, 1.807) is 19.9 Å². The third kappa shape index (κ3) is 6.72. The maximum atomic E-state index is 13.9. The van der Waals surface area contributed by atoms with Crippen LogP contribution in [0.5, 0.6) is 0 Å². The smallest absolute Gasteiger partial charge is 0.338 e. The number of carbonyl (C=O) groups excluding carboxylic acids is 2. The Balaban J connectivity index is 1.76. The highest BCUT2D eigenvalue weighted by atomic mass is 79.9. The molecule has 11 nitrogen and oxygen atoms in total. The summed E-state index contributed by atoms with van der Waals surface area (Å²) >= 11 is 3.41. The SMILES string of the molecule is CCOC(=O)Cn1cnc(C2=NC(c3ccc(F)cc3Br)C(C(=O)OCC)=C(CN3CCS(=O)CC3)N2)n1. The van der Waals surface area contributed by atoms with Gasteiger partial charge in [-0.05, 0) is 31.5 Å². The fourth-order valence-corrected chi connectivity index (χ4v) is 5.80. The largest absolute Gasteiger partial charge is 0.465 e. The lowest BCUT2D eigenvalue weighted by atomic mass is 9.95. The number of hydrogen-bond donors (Lipinski definition) is 1.